The van der Waals surface area contributed by atoms with Gasteiger partial charge >= 0.3 is 0 Å². The summed E-state index contributed by atoms with van der Waals surface area (Å²) in [6, 6.07) is 8.18. The molecule has 1 amide bonds. The summed E-state index contributed by atoms with van der Waals surface area (Å²) in [5.41, 5.74) is 1.12. The number of phenols is 1. The molecule has 0 aliphatic carbocycles. The molecule has 0 bridgehead atoms. The molecule has 5 nitrogen and oxygen atoms in total. The van der Waals surface area contributed by atoms with Crippen LogP contribution in [0.25, 0.3) is 0 Å². The van der Waals surface area contributed by atoms with Crippen LogP contribution in [0.5, 0.6) is 5.75 Å². The van der Waals surface area contributed by atoms with Crippen LogP contribution in [-0.4, -0.2) is 27.9 Å². The van der Waals surface area contributed by atoms with E-state index in [1.807, 2.05) is 0 Å². The number of carbonyl (C=O) groups excluding carboxylic acids is 1. The Morgan fingerprint density at radius 1 is 1.35 bits per heavy atom. The molecule has 0 unspecified atom stereocenters. The minimum Gasteiger partial charge on any atom is -0.508 e. The lowest BCUT2D eigenvalue weighted by Crippen LogP contribution is -2.30. The van der Waals surface area contributed by atoms with E-state index in [-0.39, 0.29) is 29.2 Å². The van der Waals surface area contributed by atoms with Crippen molar-refractivity contribution >= 4 is 5.91 Å². The second-order valence-electron chi connectivity index (χ2n) is 4.68. The van der Waals surface area contributed by atoms with Crippen molar-refractivity contribution in [2.75, 3.05) is 7.05 Å². The van der Waals surface area contributed by atoms with Crippen molar-refractivity contribution in [2.24, 2.45) is 0 Å². The molecule has 5 heteroatoms. The summed E-state index contributed by atoms with van der Waals surface area (Å²) >= 11 is 0. The van der Waals surface area contributed by atoms with Gasteiger partial charge in [-0.25, -0.2) is 0 Å². The summed E-state index contributed by atoms with van der Waals surface area (Å²) < 4.78 is 0. The van der Waals surface area contributed by atoms with Crippen LogP contribution in [0.1, 0.15) is 21.6 Å². The Bertz CT molecular complexity index is 692. The van der Waals surface area contributed by atoms with Gasteiger partial charge in [0.25, 0.3) is 5.91 Å². The Balaban J connectivity index is 2.21. The number of aryl methyl sites for hydroxylation is 1. The third kappa shape index (κ3) is 2.88. The van der Waals surface area contributed by atoms with E-state index in [0.717, 1.165) is 0 Å². The van der Waals surface area contributed by atoms with Crippen LogP contribution in [0.3, 0.4) is 0 Å². The van der Waals surface area contributed by atoms with Crippen molar-refractivity contribution < 1.29 is 9.90 Å². The first-order chi connectivity index (χ1) is 9.49. The molecule has 1 heterocycles. The molecule has 104 valence electrons. The molecule has 2 rings (SSSR count). The van der Waals surface area contributed by atoms with E-state index in [9.17, 15) is 14.7 Å². The number of aromatic hydroxyl groups is 1. The summed E-state index contributed by atoms with van der Waals surface area (Å²) in [5.74, 6) is -0.250. The molecule has 0 saturated carbocycles. The zero-order chi connectivity index (χ0) is 14.7. The Kier molecular flexibility index (Phi) is 3.89. The minimum atomic E-state index is -0.380. The highest BCUT2D eigenvalue weighted by Crippen LogP contribution is 2.17. The fourth-order valence-corrected chi connectivity index (χ4v) is 1.92. The Morgan fingerprint density at radius 3 is 2.70 bits per heavy atom. The number of aromatic amines is 1. The number of hydrogen-bond donors (Lipinski definition) is 2. The zero-order valence-corrected chi connectivity index (χ0v) is 11.4. The fraction of sp³-hybridized carbons (Fsp3) is 0.200. The largest absolute Gasteiger partial charge is 0.508 e. The zero-order valence-electron chi connectivity index (χ0n) is 11.4. The molecular formula is C15H16N2O3. The summed E-state index contributed by atoms with van der Waals surface area (Å²) in [6.45, 7) is 1.99. The molecule has 1 aromatic carbocycles. The van der Waals surface area contributed by atoms with Gasteiger partial charge < -0.3 is 15.0 Å². The van der Waals surface area contributed by atoms with Crippen molar-refractivity contribution in [1.29, 1.82) is 0 Å². The van der Waals surface area contributed by atoms with Crippen molar-refractivity contribution in [3.8, 4) is 5.75 Å². The maximum absolute atomic E-state index is 12.2. The standard InChI is InChI=1S/C15H16N2O3/c1-10-7-14(19)12(8-16-10)15(20)17(2)9-11-5-3-4-6-13(11)18/h3-8,18H,9H2,1-2H3,(H,16,19). The lowest BCUT2D eigenvalue weighted by atomic mass is 10.1. The fourth-order valence-electron chi connectivity index (χ4n) is 1.92. The number of amides is 1. The molecule has 0 atom stereocenters. The van der Waals surface area contributed by atoms with E-state index < -0.39 is 0 Å². The highest BCUT2D eigenvalue weighted by Gasteiger charge is 2.16. The molecule has 0 aliphatic heterocycles. The second kappa shape index (κ2) is 5.61. The van der Waals surface area contributed by atoms with E-state index in [4.69, 9.17) is 0 Å². The van der Waals surface area contributed by atoms with Crippen molar-refractivity contribution in [3.63, 3.8) is 0 Å². The number of carbonyl (C=O) groups is 1. The maximum atomic E-state index is 12.2. The number of H-pyrrole nitrogens is 1. The molecule has 2 N–H and O–H groups in total. The van der Waals surface area contributed by atoms with Crippen LogP contribution in [-0.2, 0) is 6.54 Å². The van der Waals surface area contributed by atoms with Gasteiger partial charge in [0, 0.05) is 37.1 Å². The van der Waals surface area contributed by atoms with Crippen molar-refractivity contribution in [1.82, 2.24) is 9.88 Å². The summed E-state index contributed by atoms with van der Waals surface area (Å²) in [4.78, 5) is 28.3. The number of pyridine rings is 1. The molecule has 1 aromatic heterocycles. The van der Waals surface area contributed by atoms with Crippen molar-refractivity contribution in [2.45, 2.75) is 13.5 Å². The number of nitrogens with zero attached hydrogens (tertiary/aromatic N) is 1. The van der Waals surface area contributed by atoms with Gasteiger partial charge in [-0.3, -0.25) is 9.59 Å². The highest BCUT2D eigenvalue weighted by atomic mass is 16.3. The van der Waals surface area contributed by atoms with Gasteiger partial charge in [0.2, 0.25) is 0 Å². The number of phenolic OH excluding ortho intramolecular Hbond substituents is 1. The van der Waals surface area contributed by atoms with E-state index in [1.165, 1.54) is 17.2 Å². The SMILES string of the molecule is Cc1cc(=O)c(C(=O)N(C)Cc2ccccc2O)c[nH]1. The topological polar surface area (TPSA) is 73.4 Å². The predicted octanol–water partition coefficient (Wildman–Crippen LogP) is 1.66. The Labute approximate surface area is 116 Å². The van der Waals surface area contributed by atoms with Crippen LogP contribution >= 0.6 is 0 Å². The number of aromatic nitrogens is 1. The molecule has 0 spiro atoms. The van der Waals surface area contributed by atoms with Gasteiger partial charge in [-0.05, 0) is 13.0 Å². The lowest BCUT2D eigenvalue weighted by molar-refractivity contribution is 0.0782. The van der Waals surface area contributed by atoms with Gasteiger partial charge in [-0.2, -0.15) is 0 Å². The molecule has 2 aromatic rings. The van der Waals surface area contributed by atoms with Gasteiger partial charge in [-0.1, -0.05) is 18.2 Å². The third-order valence-corrected chi connectivity index (χ3v) is 3.03. The quantitative estimate of drug-likeness (QED) is 0.892. The average Bonchev–Trinajstić information content (AvgIpc) is 2.40. The normalized spacial score (nSPS) is 10.3. The average molecular weight is 272 g/mol. The van der Waals surface area contributed by atoms with Crippen LogP contribution < -0.4 is 5.43 Å². The van der Waals surface area contributed by atoms with Crippen LogP contribution in [0, 0.1) is 6.92 Å². The van der Waals surface area contributed by atoms with Gasteiger partial charge in [-0.15, -0.1) is 0 Å². The van der Waals surface area contributed by atoms with Crippen LogP contribution in [0.2, 0.25) is 0 Å². The van der Waals surface area contributed by atoms with E-state index in [1.54, 1.807) is 38.2 Å². The van der Waals surface area contributed by atoms with Crippen LogP contribution in [0.15, 0.2) is 41.3 Å². The number of benzene rings is 1. The number of rotatable bonds is 3. The van der Waals surface area contributed by atoms with Gasteiger partial charge in [0.15, 0.2) is 5.43 Å². The molecule has 0 saturated heterocycles. The first-order valence-electron chi connectivity index (χ1n) is 6.20. The molecule has 0 aliphatic rings. The van der Waals surface area contributed by atoms with Crippen LogP contribution in [0.4, 0.5) is 0 Å². The lowest BCUT2D eigenvalue weighted by Gasteiger charge is -2.17. The summed E-state index contributed by atoms with van der Waals surface area (Å²) in [7, 11) is 1.59. The smallest absolute Gasteiger partial charge is 0.259 e. The summed E-state index contributed by atoms with van der Waals surface area (Å²) in [6.07, 6.45) is 1.42. The van der Waals surface area contributed by atoms with E-state index in [2.05, 4.69) is 4.98 Å². The Morgan fingerprint density at radius 2 is 2.05 bits per heavy atom. The third-order valence-electron chi connectivity index (χ3n) is 3.03. The summed E-state index contributed by atoms with van der Waals surface area (Å²) in [5, 5.41) is 9.70. The number of para-hydroxylation sites is 1. The van der Waals surface area contributed by atoms with E-state index in [0.29, 0.717) is 11.3 Å². The Hall–Kier alpha value is -2.56. The maximum Gasteiger partial charge on any atom is 0.259 e. The molecule has 0 radical (unpaired) electrons. The molecule has 20 heavy (non-hydrogen) atoms. The number of hydrogen-bond acceptors (Lipinski definition) is 3. The minimum absolute atomic E-state index is 0.0912. The molecular weight excluding hydrogens is 256 g/mol. The first kappa shape index (κ1) is 13.9. The molecule has 0 fully saturated rings. The van der Waals surface area contributed by atoms with Gasteiger partial charge in [0.05, 0.1) is 0 Å². The monoisotopic (exact) mass is 272 g/mol. The van der Waals surface area contributed by atoms with Crippen molar-refractivity contribution in [3.05, 3.63) is 63.6 Å². The highest BCUT2D eigenvalue weighted by molar-refractivity contribution is 5.93. The number of nitrogens with one attached hydrogen (secondary N) is 1. The van der Waals surface area contributed by atoms with E-state index >= 15 is 0 Å². The first-order valence-corrected chi connectivity index (χ1v) is 6.20. The van der Waals surface area contributed by atoms with Gasteiger partial charge in [0.1, 0.15) is 11.3 Å². The second-order valence-corrected chi connectivity index (χ2v) is 4.68. The predicted molar refractivity (Wildman–Crippen MR) is 75.7 cm³/mol.